The van der Waals surface area contributed by atoms with Crippen molar-refractivity contribution in [1.82, 2.24) is 14.8 Å². The molecule has 2 heterocycles. The highest BCUT2D eigenvalue weighted by atomic mass is 35.5. The van der Waals surface area contributed by atoms with Gasteiger partial charge in [-0.05, 0) is 19.1 Å². The Labute approximate surface area is 148 Å². The number of piperazine rings is 1. The van der Waals surface area contributed by atoms with Crippen LogP contribution < -0.4 is 0 Å². The van der Waals surface area contributed by atoms with Crippen molar-refractivity contribution in [1.29, 1.82) is 0 Å². The first-order valence-corrected chi connectivity index (χ1v) is 8.28. The summed E-state index contributed by atoms with van der Waals surface area (Å²) < 4.78 is 13.6. The normalized spacial score (nSPS) is 18.3. The molecule has 24 heavy (non-hydrogen) atoms. The smallest absolute Gasteiger partial charge is 0.272 e. The van der Waals surface area contributed by atoms with E-state index in [1.807, 2.05) is 6.92 Å². The van der Waals surface area contributed by atoms with Crippen LogP contribution in [0.3, 0.4) is 0 Å². The molecule has 8 heteroatoms. The quantitative estimate of drug-likeness (QED) is 0.835. The summed E-state index contributed by atoms with van der Waals surface area (Å²) in [5.74, 6) is -0.893. The Morgan fingerprint density at radius 1 is 1.25 bits per heavy atom. The first-order valence-electron chi connectivity index (χ1n) is 7.53. The Morgan fingerprint density at radius 3 is 2.58 bits per heavy atom. The number of fused-ring (bicyclic) bond motifs is 1. The lowest BCUT2D eigenvalue weighted by Gasteiger charge is -2.39. The maximum absolute atomic E-state index is 13.6. The number of hydrogen-bond acceptors (Lipinski definition) is 2. The number of halogens is 3. The van der Waals surface area contributed by atoms with Crippen LogP contribution in [0.15, 0.2) is 12.1 Å². The van der Waals surface area contributed by atoms with Crippen LogP contribution in [0.4, 0.5) is 4.39 Å². The zero-order chi connectivity index (χ0) is 17.6. The van der Waals surface area contributed by atoms with E-state index < -0.39 is 5.82 Å². The molecule has 2 aromatic rings. The van der Waals surface area contributed by atoms with Gasteiger partial charge in [0.2, 0.25) is 5.91 Å². The molecule has 5 nitrogen and oxygen atoms in total. The van der Waals surface area contributed by atoms with Gasteiger partial charge in [-0.3, -0.25) is 9.59 Å². The highest BCUT2D eigenvalue weighted by Crippen LogP contribution is 2.35. The van der Waals surface area contributed by atoms with Gasteiger partial charge in [-0.1, -0.05) is 23.2 Å². The van der Waals surface area contributed by atoms with Crippen LogP contribution in [-0.2, 0) is 4.79 Å². The first kappa shape index (κ1) is 17.0. The predicted octanol–water partition coefficient (Wildman–Crippen LogP) is 3.31. The molecule has 1 atom stereocenters. The van der Waals surface area contributed by atoms with Crippen molar-refractivity contribution in [2.75, 3.05) is 19.6 Å². The molecule has 1 aliphatic heterocycles. The summed E-state index contributed by atoms with van der Waals surface area (Å²) in [7, 11) is 0. The Kier molecular flexibility index (Phi) is 4.44. The van der Waals surface area contributed by atoms with E-state index in [1.54, 1.807) is 9.80 Å². The molecule has 1 aliphatic rings. The molecule has 1 aromatic carbocycles. The molecule has 1 aromatic heterocycles. The van der Waals surface area contributed by atoms with Gasteiger partial charge in [0.25, 0.3) is 5.91 Å². The third kappa shape index (κ3) is 2.74. The zero-order valence-electron chi connectivity index (χ0n) is 13.2. The molecule has 1 N–H and O–H groups in total. The molecule has 0 unspecified atom stereocenters. The van der Waals surface area contributed by atoms with Crippen molar-refractivity contribution >= 4 is 45.9 Å². The van der Waals surface area contributed by atoms with Crippen LogP contribution in [-0.4, -0.2) is 52.3 Å². The van der Waals surface area contributed by atoms with E-state index in [0.29, 0.717) is 30.5 Å². The highest BCUT2D eigenvalue weighted by molar-refractivity contribution is 6.44. The second-order valence-corrected chi connectivity index (χ2v) is 6.67. The summed E-state index contributed by atoms with van der Waals surface area (Å²) in [5, 5.41) is 0.305. The van der Waals surface area contributed by atoms with E-state index in [1.165, 1.54) is 19.1 Å². The minimum absolute atomic E-state index is 0.0140. The first-order chi connectivity index (χ1) is 11.3. The van der Waals surface area contributed by atoms with Gasteiger partial charge in [0.1, 0.15) is 11.5 Å². The molecule has 0 radical (unpaired) electrons. The standard InChI is InChI=1S/C16H16Cl2FN3O2/c1-8-7-21(9(2)23)5-6-22(8)16(24)15-14(18)12-11(20-15)4-3-10(19)13(12)17/h3-4,8,20H,5-7H2,1-2H3/t8-/m1/s1. The Hall–Kier alpha value is -1.79. The zero-order valence-corrected chi connectivity index (χ0v) is 14.7. The van der Waals surface area contributed by atoms with Crippen LogP contribution in [0.1, 0.15) is 24.3 Å². The SMILES string of the molecule is CC(=O)N1CCN(C(=O)c2[nH]c3ccc(F)c(Cl)c3c2Cl)[C@H](C)C1. The molecule has 3 rings (SSSR count). The molecular weight excluding hydrogens is 356 g/mol. The van der Waals surface area contributed by atoms with Gasteiger partial charge in [0.05, 0.1) is 10.0 Å². The van der Waals surface area contributed by atoms with E-state index in [0.717, 1.165) is 0 Å². The largest absolute Gasteiger partial charge is 0.349 e. The molecule has 1 saturated heterocycles. The topological polar surface area (TPSA) is 56.4 Å². The summed E-state index contributed by atoms with van der Waals surface area (Å²) in [6.45, 7) is 4.73. The number of H-pyrrole nitrogens is 1. The molecule has 128 valence electrons. The lowest BCUT2D eigenvalue weighted by atomic mass is 10.1. The Balaban J connectivity index is 1.94. The lowest BCUT2D eigenvalue weighted by molar-refractivity contribution is -0.131. The van der Waals surface area contributed by atoms with Crippen LogP contribution >= 0.6 is 23.2 Å². The van der Waals surface area contributed by atoms with Crippen molar-refractivity contribution in [2.45, 2.75) is 19.9 Å². The second kappa shape index (κ2) is 6.26. The maximum atomic E-state index is 13.6. The van der Waals surface area contributed by atoms with Crippen LogP contribution in [0.25, 0.3) is 10.9 Å². The fourth-order valence-electron chi connectivity index (χ4n) is 3.02. The van der Waals surface area contributed by atoms with Gasteiger partial charge in [-0.2, -0.15) is 0 Å². The Morgan fingerprint density at radius 2 is 1.96 bits per heavy atom. The lowest BCUT2D eigenvalue weighted by Crippen LogP contribution is -2.55. The highest BCUT2D eigenvalue weighted by Gasteiger charge is 2.31. The number of benzene rings is 1. The van der Waals surface area contributed by atoms with Crippen LogP contribution in [0.2, 0.25) is 10.0 Å². The monoisotopic (exact) mass is 371 g/mol. The average molecular weight is 372 g/mol. The van der Waals surface area contributed by atoms with Crippen molar-refractivity contribution in [3.8, 4) is 0 Å². The molecule has 0 bridgehead atoms. The van der Waals surface area contributed by atoms with Gasteiger partial charge >= 0.3 is 0 Å². The van der Waals surface area contributed by atoms with Crippen LogP contribution in [0, 0.1) is 5.82 Å². The van der Waals surface area contributed by atoms with E-state index in [4.69, 9.17) is 23.2 Å². The van der Waals surface area contributed by atoms with Gasteiger partial charge in [0, 0.05) is 43.5 Å². The number of carbonyl (C=O) groups is 2. The van der Waals surface area contributed by atoms with Crippen molar-refractivity contribution < 1.29 is 14.0 Å². The number of aromatic nitrogens is 1. The number of nitrogens with one attached hydrogen (secondary N) is 1. The summed E-state index contributed by atoms with van der Waals surface area (Å²) in [6.07, 6.45) is 0. The van der Waals surface area contributed by atoms with Crippen molar-refractivity contribution in [3.63, 3.8) is 0 Å². The van der Waals surface area contributed by atoms with E-state index in [-0.39, 0.29) is 33.6 Å². The number of amides is 2. The third-order valence-electron chi connectivity index (χ3n) is 4.34. The third-order valence-corrected chi connectivity index (χ3v) is 5.09. The molecule has 0 saturated carbocycles. The van der Waals surface area contributed by atoms with Gasteiger partial charge in [-0.15, -0.1) is 0 Å². The summed E-state index contributed by atoms with van der Waals surface area (Å²) in [5.41, 5.74) is 0.687. The molecule has 0 spiro atoms. The van der Waals surface area contributed by atoms with Crippen LogP contribution in [0.5, 0.6) is 0 Å². The number of rotatable bonds is 1. The van der Waals surface area contributed by atoms with E-state index >= 15 is 0 Å². The Bertz CT molecular complexity index is 836. The molecule has 2 amide bonds. The van der Waals surface area contributed by atoms with E-state index in [2.05, 4.69) is 4.98 Å². The fraction of sp³-hybridized carbons (Fsp3) is 0.375. The maximum Gasteiger partial charge on any atom is 0.272 e. The minimum Gasteiger partial charge on any atom is -0.349 e. The summed E-state index contributed by atoms with van der Waals surface area (Å²) >= 11 is 12.3. The average Bonchev–Trinajstić information content (AvgIpc) is 2.87. The summed E-state index contributed by atoms with van der Waals surface area (Å²) in [4.78, 5) is 30.6. The number of nitrogens with zero attached hydrogens (tertiary/aromatic N) is 2. The van der Waals surface area contributed by atoms with Gasteiger partial charge < -0.3 is 14.8 Å². The van der Waals surface area contributed by atoms with E-state index in [9.17, 15) is 14.0 Å². The number of carbonyl (C=O) groups excluding carboxylic acids is 2. The predicted molar refractivity (Wildman–Crippen MR) is 91.0 cm³/mol. The number of hydrogen-bond donors (Lipinski definition) is 1. The number of aromatic amines is 1. The fourth-order valence-corrected chi connectivity index (χ4v) is 3.65. The molecule has 0 aliphatic carbocycles. The minimum atomic E-state index is -0.590. The molecule has 1 fully saturated rings. The van der Waals surface area contributed by atoms with Gasteiger partial charge in [-0.25, -0.2) is 4.39 Å². The van der Waals surface area contributed by atoms with Crippen molar-refractivity contribution in [3.05, 3.63) is 33.7 Å². The molecular formula is C16H16Cl2FN3O2. The summed E-state index contributed by atoms with van der Waals surface area (Å²) in [6, 6.07) is 2.57. The second-order valence-electron chi connectivity index (χ2n) is 5.91. The van der Waals surface area contributed by atoms with Crippen molar-refractivity contribution in [2.24, 2.45) is 0 Å². The van der Waals surface area contributed by atoms with Gasteiger partial charge in [0.15, 0.2) is 0 Å².